The highest BCUT2D eigenvalue weighted by molar-refractivity contribution is 7.93. The molecule has 0 saturated carbocycles. The molecule has 2 rings (SSSR count). The van der Waals surface area contributed by atoms with Gasteiger partial charge in [-0.1, -0.05) is 6.07 Å². The van der Waals surface area contributed by atoms with E-state index in [0.29, 0.717) is 16.8 Å². The van der Waals surface area contributed by atoms with Crippen molar-refractivity contribution in [1.82, 2.24) is 4.98 Å². The van der Waals surface area contributed by atoms with Gasteiger partial charge in [-0.15, -0.1) is 0 Å². The molecule has 1 heterocycles. The van der Waals surface area contributed by atoms with Crippen LogP contribution in [0.4, 0.5) is 5.69 Å². The van der Waals surface area contributed by atoms with E-state index < -0.39 is 15.3 Å². The number of rotatable bonds is 3. The van der Waals surface area contributed by atoms with Gasteiger partial charge < -0.3 is 4.98 Å². The molecule has 5 nitrogen and oxygen atoms in total. The van der Waals surface area contributed by atoms with Crippen molar-refractivity contribution in [2.75, 3.05) is 4.72 Å². The number of aryl methyl sites for hydroxylation is 1. The van der Waals surface area contributed by atoms with Crippen LogP contribution in [0.15, 0.2) is 18.3 Å². The molecule has 0 amide bonds. The largest absolute Gasteiger partial charge is 0.358 e. The molecular weight excluding hydrogens is 262 g/mol. The number of hydrogen-bond donors (Lipinski definition) is 2. The molecule has 0 bridgehead atoms. The first-order valence-corrected chi connectivity index (χ1v) is 7.44. The Labute approximate surface area is 112 Å². The third kappa shape index (κ3) is 2.29. The van der Waals surface area contributed by atoms with Gasteiger partial charge >= 0.3 is 0 Å². The topological polar surface area (TPSA) is 85.8 Å². The van der Waals surface area contributed by atoms with Crippen molar-refractivity contribution in [3.05, 3.63) is 29.5 Å². The lowest BCUT2D eigenvalue weighted by Gasteiger charge is -2.12. The molecule has 6 heteroatoms. The number of benzene rings is 1. The molecule has 0 aliphatic carbocycles. The van der Waals surface area contributed by atoms with E-state index in [-0.39, 0.29) is 0 Å². The van der Waals surface area contributed by atoms with Crippen molar-refractivity contribution < 1.29 is 8.42 Å². The molecule has 0 spiro atoms. The normalized spacial score (nSPS) is 11.7. The van der Waals surface area contributed by atoms with Crippen LogP contribution in [0.1, 0.15) is 25.0 Å². The number of aromatic amines is 1. The maximum Gasteiger partial charge on any atom is 0.235 e. The Morgan fingerprint density at radius 3 is 2.63 bits per heavy atom. The summed E-state index contributed by atoms with van der Waals surface area (Å²) in [7, 11) is -3.41. The van der Waals surface area contributed by atoms with E-state index in [2.05, 4.69) is 15.8 Å². The lowest BCUT2D eigenvalue weighted by Crippen LogP contribution is -2.22. The number of anilines is 1. The van der Waals surface area contributed by atoms with Crippen LogP contribution in [0.5, 0.6) is 0 Å². The molecule has 1 aromatic heterocycles. The summed E-state index contributed by atoms with van der Waals surface area (Å²) in [6.45, 7) is 5.12. The van der Waals surface area contributed by atoms with Gasteiger partial charge in [0.2, 0.25) is 10.0 Å². The van der Waals surface area contributed by atoms with Gasteiger partial charge in [-0.3, -0.25) is 4.72 Å². The fourth-order valence-electron chi connectivity index (χ4n) is 1.86. The molecule has 0 aliphatic heterocycles. The van der Waals surface area contributed by atoms with Gasteiger partial charge in [0, 0.05) is 11.6 Å². The quantitative estimate of drug-likeness (QED) is 0.903. The number of H-pyrrole nitrogens is 1. The summed E-state index contributed by atoms with van der Waals surface area (Å²) < 4.78 is 26.4. The fraction of sp³-hybridized carbons (Fsp3) is 0.308. The Hall–Kier alpha value is -2.00. The van der Waals surface area contributed by atoms with Crippen molar-refractivity contribution in [3.63, 3.8) is 0 Å². The lowest BCUT2D eigenvalue weighted by molar-refractivity contribution is 0.593. The number of hydrogen-bond acceptors (Lipinski definition) is 3. The highest BCUT2D eigenvalue weighted by atomic mass is 32.2. The smallest absolute Gasteiger partial charge is 0.235 e. The monoisotopic (exact) mass is 277 g/mol. The maximum atomic E-state index is 11.9. The first-order valence-electron chi connectivity index (χ1n) is 5.89. The van der Waals surface area contributed by atoms with Gasteiger partial charge in [-0.2, -0.15) is 5.26 Å². The summed E-state index contributed by atoms with van der Waals surface area (Å²) in [5.41, 5.74) is 2.55. The van der Waals surface area contributed by atoms with Crippen LogP contribution < -0.4 is 4.72 Å². The minimum atomic E-state index is -3.41. The van der Waals surface area contributed by atoms with Crippen molar-refractivity contribution in [1.29, 1.82) is 5.26 Å². The maximum absolute atomic E-state index is 11.9. The van der Waals surface area contributed by atoms with Crippen LogP contribution in [0.2, 0.25) is 0 Å². The molecule has 0 fully saturated rings. The van der Waals surface area contributed by atoms with Crippen LogP contribution in [-0.4, -0.2) is 18.7 Å². The highest BCUT2D eigenvalue weighted by Gasteiger charge is 2.18. The molecule has 100 valence electrons. The number of aromatic nitrogens is 1. The van der Waals surface area contributed by atoms with Crippen LogP contribution in [-0.2, 0) is 10.0 Å². The fourth-order valence-corrected chi connectivity index (χ4v) is 2.58. The highest BCUT2D eigenvalue weighted by Crippen LogP contribution is 2.29. The third-order valence-electron chi connectivity index (χ3n) is 3.04. The summed E-state index contributed by atoms with van der Waals surface area (Å²) in [5, 5.41) is 9.29. The standard InChI is InChI=1S/C13H15N3O2S/c1-8(2)19(17,18)16-11-5-4-9(3)12-10(6-14)7-15-13(11)12/h4-5,7-8,15-16H,1-3H3. The van der Waals surface area contributed by atoms with Crippen molar-refractivity contribution in [2.45, 2.75) is 26.0 Å². The number of nitriles is 1. The molecule has 0 atom stereocenters. The van der Waals surface area contributed by atoms with Gasteiger partial charge in [0.05, 0.1) is 22.0 Å². The zero-order valence-electron chi connectivity index (χ0n) is 11.0. The Morgan fingerprint density at radius 1 is 1.37 bits per heavy atom. The van der Waals surface area contributed by atoms with E-state index in [1.165, 1.54) is 0 Å². The molecule has 0 unspecified atom stereocenters. The Balaban J connectivity index is 2.62. The van der Waals surface area contributed by atoms with Gasteiger partial charge in [0.25, 0.3) is 0 Å². The first kappa shape index (κ1) is 13.4. The number of nitrogens with zero attached hydrogens (tertiary/aromatic N) is 1. The molecule has 0 aliphatic rings. The van der Waals surface area contributed by atoms with Gasteiger partial charge in [0.15, 0.2) is 0 Å². The second-order valence-electron chi connectivity index (χ2n) is 4.69. The van der Waals surface area contributed by atoms with E-state index in [4.69, 9.17) is 5.26 Å². The lowest BCUT2D eigenvalue weighted by atomic mass is 10.1. The van der Waals surface area contributed by atoms with E-state index >= 15 is 0 Å². The van der Waals surface area contributed by atoms with Gasteiger partial charge in [0.1, 0.15) is 6.07 Å². The summed E-state index contributed by atoms with van der Waals surface area (Å²) in [4.78, 5) is 2.96. The van der Waals surface area contributed by atoms with E-state index in [0.717, 1.165) is 10.9 Å². The van der Waals surface area contributed by atoms with E-state index in [1.807, 2.05) is 6.92 Å². The first-order chi connectivity index (χ1) is 8.86. The Kier molecular flexibility index (Phi) is 3.25. The van der Waals surface area contributed by atoms with Crippen LogP contribution in [0, 0.1) is 18.3 Å². The average Bonchev–Trinajstić information content (AvgIpc) is 2.77. The number of nitrogens with one attached hydrogen (secondary N) is 2. The zero-order chi connectivity index (χ0) is 14.2. The molecule has 19 heavy (non-hydrogen) atoms. The number of sulfonamides is 1. The summed E-state index contributed by atoms with van der Waals surface area (Å²) >= 11 is 0. The predicted octanol–water partition coefficient (Wildman–Crippen LogP) is 2.50. The molecule has 0 saturated heterocycles. The van der Waals surface area contributed by atoms with E-state index in [1.54, 1.807) is 32.2 Å². The predicted molar refractivity (Wildman–Crippen MR) is 75.4 cm³/mol. The van der Waals surface area contributed by atoms with Crippen molar-refractivity contribution in [2.24, 2.45) is 0 Å². The summed E-state index contributed by atoms with van der Waals surface area (Å²) in [6.07, 6.45) is 1.59. The molecule has 2 N–H and O–H groups in total. The molecular formula is C13H15N3O2S. The molecule has 0 radical (unpaired) electrons. The molecule has 2 aromatic rings. The minimum absolute atomic E-state index is 0.468. The SMILES string of the molecule is Cc1ccc(NS(=O)(=O)C(C)C)c2[nH]cc(C#N)c12. The van der Waals surface area contributed by atoms with Crippen LogP contribution in [0.25, 0.3) is 10.9 Å². The third-order valence-corrected chi connectivity index (χ3v) is 4.78. The molecule has 1 aromatic carbocycles. The Bertz CT molecular complexity index is 767. The minimum Gasteiger partial charge on any atom is -0.358 e. The van der Waals surface area contributed by atoms with Crippen LogP contribution in [0.3, 0.4) is 0 Å². The van der Waals surface area contributed by atoms with Gasteiger partial charge in [-0.05, 0) is 32.4 Å². The van der Waals surface area contributed by atoms with Crippen molar-refractivity contribution >= 4 is 26.6 Å². The number of fused-ring (bicyclic) bond motifs is 1. The second-order valence-corrected chi connectivity index (χ2v) is 6.93. The second kappa shape index (κ2) is 4.59. The van der Waals surface area contributed by atoms with E-state index in [9.17, 15) is 8.42 Å². The zero-order valence-corrected chi connectivity index (χ0v) is 11.8. The van der Waals surface area contributed by atoms with Crippen LogP contribution >= 0.6 is 0 Å². The average molecular weight is 277 g/mol. The van der Waals surface area contributed by atoms with Crippen molar-refractivity contribution in [3.8, 4) is 6.07 Å². The van der Waals surface area contributed by atoms with Gasteiger partial charge in [-0.25, -0.2) is 8.42 Å². The summed E-state index contributed by atoms with van der Waals surface area (Å²) in [5.74, 6) is 0. The Morgan fingerprint density at radius 2 is 2.05 bits per heavy atom. The summed E-state index contributed by atoms with van der Waals surface area (Å²) in [6, 6.07) is 5.60.